The van der Waals surface area contributed by atoms with Crippen LogP contribution in [0.15, 0.2) is 24.3 Å². The molecule has 0 bridgehead atoms. The minimum Gasteiger partial charge on any atom is -0.508 e. The molecule has 0 saturated carbocycles. The standard InChI is InChI=1S/C6H8N2O/c7-8-5-1-3-6(9)4-2-5/h1-4,8-9H,7H2. The van der Waals surface area contributed by atoms with Crippen molar-refractivity contribution >= 4 is 5.69 Å². The molecule has 9 heavy (non-hydrogen) atoms. The first kappa shape index (κ1) is 5.91. The van der Waals surface area contributed by atoms with Crippen molar-refractivity contribution in [3.8, 4) is 5.75 Å². The van der Waals surface area contributed by atoms with E-state index < -0.39 is 0 Å². The molecule has 0 aliphatic heterocycles. The van der Waals surface area contributed by atoms with E-state index in [1.165, 1.54) is 0 Å². The van der Waals surface area contributed by atoms with Crippen LogP contribution in [0.4, 0.5) is 5.69 Å². The number of anilines is 1. The fraction of sp³-hybridized carbons (Fsp3) is 0. The number of benzene rings is 1. The number of hydrogen-bond donors (Lipinski definition) is 3. The van der Waals surface area contributed by atoms with Crippen molar-refractivity contribution in [3.63, 3.8) is 0 Å². The number of aromatic hydroxyl groups is 1. The normalized spacial score (nSPS) is 9.00. The van der Waals surface area contributed by atoms with E-state index in [9.17, 15) is 0 Å². The van der Waals surface area contributed by atoms with Crippen LogP contribution in [0.3, 0.4) is 0 Å². The molecule has 0 saturated heterocycles. The lowest BCUT2D eigenvalue weighted by atomic mass is 10.3. The molecule has 1 aromatic rings. The molecule has 0 spiro atoms. The number of hydrogen-bond acceptors (Lipinski definition) is 3. The van der Waals surface area contributed by atoms with E-state index in [0.717, 1.165) is 5.69 Å². The second kappa shape index (κ2) is 2.37. The van der Waals surface area contributed by atoms with Gasteiger partial charge < -0.3 is 10.5 Å². The van der Waals surface area contributed by atoms with Gasteiger partial charge in [-0.3, -0.25) is 5.84 Å². The van der Waals surface area contributed by atoms with Gasteiger partial charge in [-0.15, -0.1) is 0 Å². The van der Waals surface area contributed by atoms with Gasteiger partial charge in [-0.05, 0) is 24.3 Å². The lowest BCUT2D eigenvalue weighted by Crippen LogP contribution is -2.05. The second-order valence-corrected chi connectivity index (χ2v) is 1.69. The molecule has 48 valence electrons. The summed E-state index contributed by atoms with van der Waals surface area (Å²) in [6, 6.07) is 6.51. The average Bonchev–Trinajstić information content (AvgIpc) is 1.90. The summed E-state index contributed by atoms with van der Waals surface area (Å²) < 4.78 is 0. The van der Waals surface area contributed by atoms with Crippen molar-refractivity contribution in [2.24, 2.45) is 5.84 Å². The van der Waals surface area contributed by atoms with Gasteiger partial charge in [0.25, 0.3) is 0 Å². The smallest absolute Gasteiger partial charge is 0.115 e. The molecule has 0 radical (unpaired) electrons. The fourth-order valence-corrected chi connectivity index (χ4v) is 0.558. The predicted molar refractivity (Wildman–Crippen MR) is 35.9 cm³/mol. The predicted octanol–water partition coefficient (Wildman–Crippen LogP) is 0.678. The van der Waals surface area contributed by atoms with Crippen molar-refractivity contribution in [2.75, 3.05) is 5.43 Å². The minimum absolute atomic E-state index is 0.244. The molecule has 0 heterocycles. The van der Waals surface area contributed by atoms with Gasteiger partial charge in [0.15, 0.2) is 0 Å². The minimum atomic E-state index is 0.244. The molecule has 0 unspecified atom stereocenters. The Morgan fingerprint density at radius 2 is 1.78 bits per heavy atom. The van der Waals surface area contributed by atoms with E-state index in [2.05, 4.69) is 5.43 Å². The molecule has 0 aliphatic rings. The Morgan fingerprint density at radius 1 is 1.22 bits per heavy atom. The Bertz CT molecular complexity index is 183. The van der Waals surface area contributed by atoms with Crippen LogP contribution in [0.2, 0.25) is 0 Å². The molecule has 0 aliphatic carbocycles. The van der Waals surface area contributed by atoms with Crippen LogP contribution in [-0.4, -0.2) is 5.11 Å². The van der Waals surface area contributed by atoms with Crippen molar-refractivity contribution in [2.45, 2.75) is 0 Å². The van der Waals surface area contributed by atoms with Crippen LogP contribution < -0.4 is 11.3 Å². The molecule has 4 N–H and O–H groups in total. The maximum absolute atomic E-state index is 8.78. The first-order chi connectivity index (χ1) is 4.33. The van der Waals surface area contributed by atoms with Gasteiger partial charge in [-0.25, -0.2) is 0 Å². The maximum atomic E-state index is 8.78. The molecular weight excluding hydrogens is 116 g/mol. The van der Waals surface area contributed by atoms with Gasteiger partial charge in [-0.1, -0.05) is 0 Å². The maximum Gasteiger partial charge on any atom is 0.115 e. The zero-order valence-corrected chi connectivity index (χ0v) is 4.83. The highest BCUT2D eigenvalue weighted by Gasteiger charge is 1.85. The summed E-state index contributed by atoms with van der Waals surface area (Å²) in [7, 11) is 0. The topological polar surface area (TPSA) is 58.3 Å². The molecule has 1 aromatic carbocycles. The van der Waals surface area contributed by atoms with Gasteiger partial charge in [0.2, 0.25) is 0 Å². The molecule has 1 rings (SSSR count). The average molecular weight is 124 g/mol. The number of hydrazine groups is 1. The number of nitrogens with one attached hydrogen (secondary N) is 1. The first-order valence-electron chi connectivity index (χ1n) is 2.58. The molecule has 0 amide bonds. The van der Waals surface area contributed by atoms with Crippen LogP contribution in [-0.2, 0) is 0 Å². The molecule has 0 atom stereocenters. The van der Waals surface area contributed by atoms with Crippen LogP contribution in [0, 0.1) is 0 Å². The van der Waals surface area contributed by atoms with E-state index in [4.69, 9.17) is 10.9 Å². The molecule has 3 heteroatoms. The van der Waals surface area contributed by atoms with E-state index >= 15 is 0 Å². The highest BCUT2D eigenvalue weighted by molar-refractivity contribution is 5.44. The lowest BCUT2D eigenvalue weighted by molar-refractivity contribution is 0.475. The number of phenols is 1. The Kier molecular flexibility index (Phi) is 1.55. The summed E-state index contributed by atoms with van der Waals surface area (Å²) in [4.78, 5) is 0. The summed E-state index contributed by atoms with van der Waals surface area (Å²) in [6.45, 7) is 0. The number of phenolic OH excluding ortho intramolecular Hbond substituents is 1. The van der Waals surface area contributed by atoms with E-state index in [0.29, 0.717) is 0 Å². The van der Waals surface area contributed by atoms with Gasteiger partial charge in [0.05, 0.1) is 0 Å². The molecular formula is C6H8N2O. The zero-order chi connectivity index (χ0) is 6.69. The van der Waals surface area contributed by atoms with Gasteiger partial charge in [0, 0.05) is 5.69 Å². The third kappa shape index (κ3) is 1.33. The van der Waals surface area contributed by atoms with E-state index in [-0.39, 0.29) is 5.75 Å². The zero-order valence-electron chi connectivity index (χ0n) is 4.83. The number of nitrogens with two attached hydrogens (primary N) is 1. The highest BCUT2D eigenvalue weighted by atomic mass is 16.3. The van der Waals surface area contributed by atoms with Crippen LogP contribution in [0.1, 0.15) is 0 Å². The summed E-state index contributed by atoms with van der Waals surface area (Å²) >= 11 is 0. The highest BCUT2D eigenvalue weighted by Crippen LogP contribution is 2.11. The number of rotatable bonds is 1. The second-order valence-electron chi connectivity index (χ2n) is 1.69. The molecule has 0 aromatic heterocycles. The summed E-state index contributed by atoms with van der Waals surface area (Å²) in [6.07, 6.45) is 0. The Labute approximate surface area is 53.1 Å². The quantitative estimate of drug-likeness (QED) is 0.293. The first-order valence-corrected chi connectivity index (χ1v) is 2.58. The Hall–Kier alpha value is -1.22. The Morgan fingerprint density at radius 3 is 2.22 bits per heavy atom. The summed E-state index contributed by atoms with van der Waals surface area (Å²) in [5.74, 6) is 5.31. The largest absolute Gasteiger partial charge is 0.508 e. The van der Waals surface area contributed by atoms with Crippen LogP contribution >= 0.6 is 0 Å². The monoisotopic (exact) mass is 124 g/mol. The SMILES string of the molecule is NNc1ccc(O)cc1. The van der Waals surface area contributed by atoms with Crippen molar-refractivity contribution < 1.29 is 5.11 Å². The van der Waals surface area contributed by atoms with Crippen LogP contribution in [0.5, 0.6) is 5.75 Å². The van der Waals surface area contributed by atoms with Crippen molar-refractivity contribution in [1.29, 1.82) is 0 Å². The van der Waals surface area contributed by atoms with Crippen LogP contribution in [0.25, 0.3) is 0 Å². The van der Waals surface area contributed by atoms with Gasteiger partial charge in [-0.2, -0.15) is 0 Å². The lowest BCUT2D eigenvalue weighted by Gasteiger charge is -1.96. The third-order valence-corrected chi connectivity index (χ3v) is 1.03. The fourth-order valence-electron chi connectivity index (χ4n) is 0.558. The Balaban J connectivity index is 2.88. The van der Waals surface area contributed by atoms with Gasteiger partial charge in [0.1, 0.15) is 5.75 Å². The molecule has 3 nitrogen and oxygen atoms in total. The van der Waals surface area contributed by atoms with Crippen molar-refractivity contribution in [1.82, 2.24) is 0 Å². The summed E-state index contributed by atoms with van der Waals surface area (Å²) in [5.41, 5.74) is 3.23. The van der Waals surface area contributed by atoms with E-state index in [1.54, 1.807) is 24.3 Å². The van der Waals surface area contributed by atoms with Crippen molar-refractivity contribution in [3.05, 3.63) is 24.3 Å². The molecule has 0 fully saturated rings. The number of nitrogen functional groups attached to an aromatic ring is 1. The van der Waals surface area contributed by atoms with E-state index in [1.807, 2.05) is 0 Å². The van der Waals surface area contributed by atoms with Gasteiger partial charge >= 0.3 is 0 Å². The third-order valence-electron chi connectivity index (χ3n) is 1.03. The summed E-state index contributed by atoms with van der Waals surface area (Å²) in [5, 5.41) is 8.78.